The van der Waals surface area contributed by atoms with E-state index in [1.807, 2.05) is 13.8 Å². The second-order valence-electron chi connectivity index (χ2n) is 6.61. The van der Waals surface area contributed by atoms with Crippen molar-refractivity contribution in [3.05, 3.63) is 0 Å². The van der Waals surface area contributed by atoms with Crippen molar-refractivity contribution >= 4 is 13.1 Å². The first-order valence-electron chi connectivity index (χ1n) is 9.76. The lowest BCUT2D eigenvalue weighted by Gasteiger charge is -2.20. The van der Waals surface area contributed by atoms with Gasteiger partial charge in [0.25, 0.3) is 0 Å². The summed E-state index contributed by atoms with van der Waals surface area (Å²) >= 11 is 0. The summed E-state index contributed by atoms with van der Waals surface area (Å²) in [4.78, 5) is 12.0. The molecular formula is C19H39O3P. The van der Waals surface area contributed by atoms with E-state index in [1.54, 1.807) is 6.92 Å². The van der Waals surface area contributed by atoms with Gasteiger partial charge >= 0.3 is 5.97 Å². The van der Waals surface area contributed by atoms with Gasteiger partial charge in [-0.05, 0) is 25.7 Å². The quantitative estimate of drug-likeness (QED) is 0.200. The summed E-state index contributed by atoms with van der Waals surface area (Å²) in [5.74, 6) is -0.270. The molecule has 0 heterocycles. The zero-order chi connectivity index (χ0) is 17.6. The van der Waals surface area contributed by atoms with Crippen molar-refractivity contribution in [3.8, 4) is 0 Å². The summed E-state index contributed by atoms with van der Waals surface area (Å²) < 4.78 is 17.8. The molecule has 0 aromatic rings. The van der Waals surface area contributed by atoms with Crippen LogP contribution in [0.4, 0.5) is 0 Å². The van der Waals surface area contributed by atoms with Gasteiger partial charge in [-0.2, -0.15) is 0 Å². The van der Waals surface area contributed by atoms with Crippen molar-refractivity contribution in [2.24, 2.45) is 0 Å². The van der Waals surface area contributed by atoms with E-state index < -0.39 is 12.8 Å². The Morgan fingerprint density at radius 3 is 1.70 bits per heavy atom. The summed E-state index contributed by atoms with van der Waals surface area (Å²) in [5, 5.41) is 0. The van der Waals surface area contributed by atoms with E-state index >= 15 is 0 Å². The minimum Gasteiger partial charge on any atom is -0.465 e. The van der Waals surface area contributed by atoms with Crippen LogP contribution < -0.4 is 0 Å². The highest BCUT2D eigenvalue weighted by atomic mass is 31.2. The van der Waals surface area contributed by atoms with Gasteiger partial charge in [-0.3, -0.25) is 4.79 Å². The van der Waals surface area contributed by atoms with Crippen molar-refractivity contribution in [3.63, 3.8) is 0 Å². The lowest BCUT2D eigenvalue weighted by atomic mass is 10.1. The predicted molar refractivity (Wildman–Crippen MR) is 101 cm³/mol. The molecule has 0 aliphatic carbocycles. The summed E-state index contributed by atoms with van der Waals surface area (Å²) in [7, 11) is -2.39. The third-order valence-electron chi connectivity index (χ3n) is 4.86. The van der Waals surface area contributed by atoms with Gasteiger partial charge in [-0.15, -0.1) is 0 Å². The second kappa shape index (κ2) is 14.1. The molecule has 0 amide bonds. The first kappa shape index (κ1) is 22.7. The highest BCUT2D eigenvalue weighted by Gasteiger charge is 2.32. The predicted octanol–water partition coefficient (Wildman–Crippen LogP) is 6.24. The van der Waals surface area contributed by atoms with Gasteiger partial charge in [0.2, 0.25) is 0 Å². The molecule has 23 heavy (non-hydrogen) atoms. The number of hydrogen-bond donors (Lipinski definition) is 0. The fourth-order valence-corrected chi connectivity index (χ4v) is 4.85. The van der Waals surface area contributed by atoms with Crippen LogP contribution in [0.15, 0.2) is 0 Å². The summed E-state index contributed by atoms with van der Waals surface area (Å²) in [6, 6.07) is 0. The molecule has 0 N–H and O–H groups in total. The number of rotatable bonds is 15. The molecule has 0 rings (SSSR count). The maximum absolute atomic E-state index is 12.5. The van der Waals surface area contributed by atoms with Gasteiger partial charge in [-0.1, -0.05) is 78.6 Å². The third kappa shape index (κ3) is 10.2. The Balaban J connectivity index is 3.58. The highest BCUT2D eigenvalue weighted by Crippen LogP contribution is 2.50. The van der Waals surface area contributed by atoms with Crippen LogP contribution in [0, 0.1) is 0 Å². The molecular weight excluding hydrogens is 307 g/mol. The van der Waals surface area contributed by atoms with Crippen molar-refractivity contribution in [1.29, 1.82) is 0 Å². The molecule has 0 saturated heterocycles. The normalized spacial score (nSPS) is 13.0. The third-order valence-corrected chi connectivity index (χ3v) is 8.62. The van der Waals surface area contributed by atoms with Crippen molar-refractivity contribution < 1.29 is 14.1 Å². The maximum Gasteiger partial charge on any atom is 0.316 e. The van der Waals surface area contributed by atoms with Crippen LogP contribution in [0.1, 0.15) is 91.9 Å². The number of esters is 1. The molecule has 0 saturated carbocycles. The molecule has 0 aliphatic heterocycles. The van der Waals surface area contributed by atoms with Crippen LogP contribution in [0.2, 0.25) is 0 Å². The van der Waals surface area contributed by atoms with Gasteiger partial charge in [-0.25, -0.2) is 0 Å². The Kier molecular flexibility index (Phi) is 13.9. The van der Waals surface area contributed by atoms with Crippen LogP contribution >= 0.6 is 7.14 Å². The molecule has 1 unspecified atom stereocenters. The van der Waals surface area contributed by atoms with Crippen molar-refractivity contribution in [2.45, 2.75) is 97.6 Å². The number of unbranched alkanes of at least 4 members (excludes halogenated alkanes) is 9. The van der Waals surface area contributed by atoms with E-state index in [2.05, 4.69) is 6.92 Å². The van der Waals surface area contributed by atoms with Gasteiger partial charge in [0.05, 0.1) is 6.61 Å². The average molecular weight is 346 g/mol. The summed E-state index contributed by atoms with van der Waals surface area (Å²) in [5.41, 5.74) is -0.444. The fourth-order valence-electron chi connectivity index (χ4n) is 2.85. The molecule has 138 valence electrons. The first-order chi connectivity index (χ1) is 11.0. The van der Waals surface area contributed by atoms with Gasteiger partial charge in [0.1, 0.15) is 12.8 Å². The van der Waals surface area contributed by atoms with Crippen LogP contribution in [0.3, 0.4) is 0 Å². The Hall–Kier alpha value is -0.300. The van der Waals surface area contributed by atoms with Crippen LogP contribution in [0.5, 0.6) is 0 Å². The van der Waals surface area contributed by atoms with Crippen molar-refractivity contribution in [2.75, 3.05) is 18.9 Å². The maximum atomic E-state index is 12.5. The fraction of sp³-hybridized carbons (Fsp3) is 0.947. The number of ether oxygens (including phenoxy) is 1. The largest absolute Gasteiger partial charge is 0.465 e. The Labute approximate surface area is 144 Å². The summed E-state index contributed by atoms with van der Waals surface area (Å²) in [6.07, 6.45) is 13.8. The van der Waals surface area contributed by atoms with Crippen LogP contribution in [-0.2, 0) is 14.1 Å². The van der Waals surface area contributed by atoms with E-state index in [1.165, 1.54) is 51.4 Å². The molecule has 0 aliphatic rings. The second-order valence-corrected chi connectivity index (χ2v) is 10.6. The molecule has 0 spiro atoms. The molecule has 3 nitrogen and oxygen atoms in total. The molecule has 0 bridgehead atoms. The van der Waals surface area contributed by atoms with Crippen molar-refractivity contribution in [1.82, 2.24) is 0 Å². The smallest absolute Gasteiger partial charge is 0.316 e. The minimum atomic E-state index is -2.39. The summed E-state index contributed by atoms with van der Waals surface area (Å²) in [6.45, 7) is 8.28. The molecule has 1 atom stereocenters. The lowest BCUT2D eigenvalue weighted by Crippen LogP contribution is -2.22. The molecule has 0 radical (unpaired) electrons. The molecule has 0 aromatic carbocycles. The zero-order valence-electron chi connectivity index (χ0n) is 15.9. The van der Waals surface area contributed by atoms with Gasteiger partial charge < -0.3 is 9.30 Å². The highest BCUT2D eigenvalue weighted by molar-refractivity contribution is 7.65. The molecule has 4 heteroatoms. The number of carbonyl (C=O) groups is 1. The average Bonchev–Trinajstić information content (AvgIpc) is 2.58. The van der Waals surface area contributed by atoms with E-state index in [0.29, 0.717) is 18.9 Å². The number of carbonyl (C=O) groups excluding carboxylic acids is 1. The zero-order valence-corrected chi connectivity index (χ0v) is 16.8. The first-order valence-corrected chi connectivity index (χ1v) is 11.9. The monoisotopic (exact) mass is 346 g/mol. The topological polar surface area (TPSA) is 43.4 Å². The Bertz CT molecular complexity index is 334. The Morgan fingerprint density at radius 1 is 0.826 bits per heavy atom. The van der Waals surface area contributed by atoms with Crippen LogP contribution in [0.25, 0.3) is 0 Å². The molecule has 0 fully saturated rings. The van der Waals surface area contributed by atoms with E-state index in [4.69, 9.17) is 4.74 Å². The number of hydrogen-bond acceptors (Lipinski definition) is 3. The lowest BCUT2D eigenvalue weighted by molar-refractivity contribution is -0.143. The Morgan fingerprint density at radius 2 is 1.26 bits per heavy atom. The van der Waals surface area contributed by atoms with E-state index in [0.717, 1.165) is 12.8 Å². The van der Waals surface area contributed by atoms with Crippen LogP contribution in [-0.4, -0.2) is 30.6 Å². The molecule has 0 aromatic heterocycles. The minimum absolute atomic E-state index is 0.270. The SMILES string of the molecule is CCCCCCCCCCCCOC(=O)C(C)P(=O)(CC)CC. The van der Waals surface area contributed by atoms with Gasteiger partial charge in [0.15, 0.2) is 0 Å². The standard InChI is InChI=1S/C19H39O3P/c1-5-8-9-10-11-12-13-14-15-16-17-22-19(20)18(4)23(21,6-2)7-3/h18H,5-17H2,1-4H3. The van der Waals surface area contributed by atoms with Gasteiger partial charge in [0, 0.05) is 0 Å². The van der Waals surface area contributed by atoms with E-state index in [-0.39, 0.29) is 5.97 Å². The van der Waals surface area contributed by atoms with E-state index in [9.17, 15) is 9.36 Å².